The number of carbonyl (C=O) groups is 1. The van der Waals surface area contributed by atoms with Crippen molar-refractivity contribution in [3.8, 4) is 11.4 Å². The molecule has 1 atom stereocenters. The molecule has 1 amide bonds. The Hall–Kier alpha value is -1.99. The lowest BCUT2D eigenvalue weighted by atomic mass is 10.2. The first-order valence-electron chi connectivity index (χ1n) is 6.98. The van der Waals surface area contributed by atoms with Crippen molar-refractivity contribution in [1.29, 1.82) is 0 Å². The monoisotopic (exact) mass is 323 g/mol. The lowest BCUT2D eigenvalue weighted by molar-refractivity contribution is -0.134. The van der Waals surface area contributed by atoms with Gasteiger partial charge in [-0.05, 0) is 35.9 Å². The lowest BCUT2D eigenvalue weighted by Gasteiger charge is -2.21. The van der Waals surface area contributed by atoms with Gasteiger partial charge in [-0.15, -0.1) is 10.2 Å². The molecule has 0 spiro atoms. The van der Waals surface area contributed by atoms with E-state index in [4.69, 9.17) is 16.7 Å². The number of aliphatic hydroxyl groups is 1. The maximum absolute atomic E-state index is 12.3. The van der Waals surface area contributed by atoms with E-state index in [9.17, 15) is 4.79 Å². The van der Waals surface area contributed by atoms with Crippen LogP contribution in [0, 0.1) is 0 Å². The van der Waals surface area contributed by atoms with Crippen molar-refractivity contribution in [2.45, 2.75) is 19.4 Å². The number of carbonyl (C=O) groups excluding carboxylic acids is 1. The Morgan fingerprint density at radius 3 is 2.68 bits per heavy atom. The highest BCUT2D eigenvalue weighted by molar-refractivity contribution is 6.30. The summed E-state index contributed by atoms with van der Waals surface area (Å²) in [4.78, 5) is 15.1. The predicted octanol–water partition coefficient (Wildman–Crippen LogP) is 1.40. The van der Waals surface area contributed by atoms with E-state index in [0.29, 0.717) is 17.3 Å². The van der Waals surface area contributed by atoms with Gasteiger partial charge in [-0.2, -0.15) is 4.80 Å². The molecule has 1 aromatic heterocycles. The van der Waals surface area contributed by atoms with Gasteiger partial charge in [-0.25, -0.2) is 0 Å². The summed E-state index contributed by atoms with van der Waals surface area (Å²) in [5.41, 5.74) is 0.779. The summed E-state index contributed by atoms with van der Waals surface area (Å²) in [6, 6.07) is 6.55. The number of likely N-dealkylation sites (N-methyl/N-ethyl adjacent to an activating group) is 1. The normalized spacial score (nSPS) is 12.2. The van der Waals surface area contributed by atoms with E-state index in [1.54, 1.807) is 31.3 Å². The van der Waals surface area contributed by atoms with Crippen LogP contribution < -0.4 is 0 Å². The molecule has 1 N–H and O–H groups in total. The second-order valence-corrected chi connectivity index (χ2v) is 5.28. The quantitative estimate of drug-likeness (QED) is 0.868. The number of halogens is 1. The van der Waals surface area contributed by atoms with Crippen LogP contribution in [0.3, 0.4) is 0 Å². The Morgan fingerprint density at radius 2 is 2.09 bits per heavy atom. The molecule has 7 nitrogen and oxygen atoms in total. The van der Waals surface area contributed by atoms with Crippen LogP contribution in [0.25, 0.3) is 11.4 Å². The third-order valence-corrected chi connectivity index (χ3v) is 3.54. The second kappa shape index (κ2) is 7.33. The van der Waals surface area contributed by atoms with Crippen LogP contribution in [0.5, 0.6) is 0 Å². The first kappa shape index (κ1) is 16.4. The van der Waals surface area contributed by atoms with E-state index in [0.717, 1.165) is 5.56 Å². The van der Waals surface area contributed by atoms with Crippen molar-refractivity contribution in [3.63, 3.8) is 0 Å². The van der Waals surface area contributed by atoms with Crippen molar-refractivity contribution in [3.05, 3.63) is 29.3 Å². The van der Waals surface area contributed by atoms with E-state index in [1.807, 2.05) is 6.92 Å². The minimum atomic E-state index is -0.537. The topological polar surface area (TPSA) is 84.1 Å². The number of amides is 1. The van der Waals surface area contributed by atoms with Gasteiger partial charge in [-0.1, -0.05) is 18.5 Å². The third-order valence-electron chi connectivity index (χ3n) is 3.29. The minimum absolute atomic E-state index is 0.0838. The first-order chi connectivity index (χ1) is 10.6. The number of hydrogen-bond acceptors (Lipinski definition) is 5. The summed E-state index contributed by atoms with van der Waals surface area (Å²) in [6.07, 6.45) is 0.533. The van der Waals surface area contributed by atoms with Crippen molar-refractivity contribution in [2.24, 2.45) is 0 Å². The molecule has 1 heterocycles. The molecule has 1 aromatic carbocycles. The summed E-state index contributed by atoms with van der Waals surface area (Å²) < 4.78 is 0. The number of benzene rings is 1. The zero-order valence-corrected chi connectivity index (χ0v) is 13.2. The molecule has 0 aliphatic heterocycles. The fraction of sp³-hybridized carbons (Fsp3) is 0.429. The van der Waals surface area contributed by atoms with Gasteiger partial charge in [0.15, 0.2) is 6.04 Å². The Morgan fingerprint density at radius 1 is 1.41 bits per heavy atom. The Kier molecular flexibility index (Phi) is 5.46. The molecule has 0 bridgehead atoms. The highest BCUT2D eigenvalue weighted by Crippen LogP contribution is 2.19. The highest BCUT2D eigenvalue weighted by Gasteiger charge is 2.24. The Bertz CT molecular complexity index is 628. The van der Waals surface area contributed by atoms with Gasteiger partial charge in [0.2, 0.25) is 11.7 Å². The molecular formula is C14H18ClN5O2. The number of tetrazole rings is 1. The molecule has 0 radical (unpaired) electrons. The van der Waals surface area contributed by atoms with Crippen molar-refractivity contribution in [2.75, 3.05) is 20.2 Å². The number of nitrogens with zero attached hydrogens (tertiary/aromatic N) is 5. The van der Waals surface area contributed by atoms with Gasteiger partial charge in [0.05, 0.1) is 6.61 Å². The van der Waals surface area contributed by atoms with Gasteiger partial charge >= 0.3 is 0 Å². The summed E-state index contributed by atoms with van der Waals surface area (Å²) in [5.74, 6) is 0.282. The van der Waals surface area contributed by atoms with E-state index in [1.165, 1.54) is 9.70 Å². The summed E-state index contributed by atoms with van der Waals surface area (Å²) >= 11 is 5.85. The minimum Gasteiger partial charge on any atom is -0.395 e. The Balaban J connectivity index is 2.21. The van der Waals surface area contributed by atoms with Gasteiger partial charge in [0.1, 0.15) is 0 Å². The summed E-state index contributed by atoms with van der Waals surface area (Å²) in [6.45, 7) is 2.06. The van der Waals surface area contributed by atoms with Crippen molar-refractivity contribution >= 4 is 17.5 Å². The van der Waals surface area contributed by atoms with Crippen LogP contribution in [-0.2, 0) is 4.79 Å². The van der Waals surface area contributed by atoms with Gasteiger partial charge in [0.25, 0.3) is 0 Å². The third kappa shape index (κ3) is 3.61. The molecule has 1 unspecified atom stereocenters. The fourth-order valence-electron chi connectivity index (χ4n) is 2.02. The maximum atomic E-state index is 12.3. The number of rotatable bonds is 6. The van der Waals surface area contributed by atoms with Crippen molar-refractivity contribution < 1.29 is 9.90 Å². The first-order valence-corrected chi connectivity index (χ1v) is 7.36. The molecule has 2 aromatic rings. The van der Waals surface area contributed by atoms with Crippen LogP contribution in [-0.4, -0.2) is 56.3 Å². The maximum Gasteiger partial charge on any atom is 0.249 e. The van der Waals surface area contributed by atoms with Crippen LogP contribution in [0.2, 0.25) is 5.02 Å². The molecule has 0 fully saturated rings. The molecular weight excluding hydrogens is 306 g/mol. The fourth-order valence-corrected chi connectivity index (χ4v) is 2.15. The standard InChI is InChI=1S/C14H18ClN5O2/c1-3-12(14(22)19(2)8-9-21)20-17-13(16-18-20)10-4-6-11(15)7-5-10/h4-7,12,21H,3,8-9H2,1-2H3. The Labute approximate surface area is 133 Å². The van der Waals surface area contributed by atoms with Gasteiger partial charge < -0.3 is 10.0 Å². The lowest BCUT2D eigenvalue weighted by Crippen LogP contribution is -2.36. The van der Waals surface area contributed by atoms with Crippen LogP contribution in [0.1, 0.15) is 19.4 Å². The highest BCUT2D eigenvalue weighted by atomic mass is 35.5. The molecule has 118 valence electrons. The smallest absolute Gasteiger partial charge is 0.249 e. The molecule has 0 aliphatic rings. The number of hydrogen-bond donors (Lipinski definition) is 1. The van der Waals surface area contributed by atoms with Gasteiger partial charge in [0, 0.05) is 24.2 Å². The van der Waals surface area contributed by atoms with Gasteiger partial charge in [-0.3, -0.25) is 4.79 Å². The van der Waals surface area contributed by atoms with Crippen LogP contribution in [0.15, 0.2) is 24.3 Å². The number of aliphatic hydroxyl groups excluding tert-OH is 1. The molecule has 8 heteroatoms. The zero-order valence-electron chi connectivity index (χ0n) is 12.5. The van der Waals surface area contributed by atoms with E-state index in [-0.39, 0.29) is 19.1 Å². The van der Waals surface area contributed by atoms with Crippen molar-refractivity contribution in [1.82, 2.24) is 25.1 Å². The number of aromatic nitrogens is 4. The van der Waals surface area contributed by atoms with Crippen LogP contribution in [0.4, 0.5) is 0 Å². The summed E-state index contributed by atoms with van der Waals surface area (Å²) in [7, 11) is 1.64. The molecule has 0 saturated heterocycles. The molecule has 2 rings (SSSR count). The van der Waals surface area contributed by atoms with E-state index in [2.05, 4.69) is 15.4 Å². The molecule has 0 aliphatic carbocycles. The second-order valence-electron chi connectivity index (χ2n) is 4.85. The predicted molar refractivity (Wildman–Crippen MR) is 82.3 cm³/mol. The zero-order chi connectivity index (χ0) is 16.1. The van der Waals surface area contributed by atoms with E-state index >= 15 is 0 Å². The molecule has 22 heavy (non-hydrogen) atoms. The molecule has 0 saturated carbocycles. The van der Waals surface area contributed by atoms with E-state index < -0.39 is 6.04 Å². The summed E-state index contributed by atoms with van der Waals surface area (Å²) in [5, 5.41) is 21.8. The largest absolute Gasteiger partial charge is 0.395 e. The van der Waals surface area contributed by atoms with Crippen LogP contribution >= 0.6 is 11.6 Å². The average molecular weight is 324 g/mol. The average Bonchev–Trinajstić information content (AvgIpc) is 2.98. The SMILES string of the molecule is CCC(C(=O)N(C)CCO)n1nnc(-c2ccc(Cl)cc2)n1.